The number of hydrogen-bond donors (Lipinski definition) is 1. The van der Waals surface area contributed by atoms with Gasteiger partial charge < -0.3 is 14.8 Å². The first kappa shape index (κ1) is 20.4. The van der Waals surface area contributed by atoms with Crippen LogP contribution in [0.15, 0.2) is 65.4 Å². The van der Waals surface area contributed by atoms with Crippen molar-refractivity contribution in [3.8, 4) is 11.5 Å². The van der Waals surface area contributed by atoms with E-state index in [1.54, 1.807) is 12.4 Å². The van der Waals surface area contributed by atoms with E-state index in [0.717, 1.165) is 40.2 Å². The Labute approximate surface area is 175 Å². The van der Waals surface area contributed by atoms with Gasteiger partial charge in [-0.05, 0) is 70.7 Å². The minimum atomic E-state index is 0.499. The maximum Gasteiger partial charge on any atom is 0.175 e. The van der Waals surface area contributed by atoms with Crippen LogP contribution in [0.4, 0.5) is 0 Å². The standard InChI is InChI=1S/C23H25BrN2O2/c1-3-27-22-13-20(15-26-14-18-8-10-25-11-9-18)12-21(24)23(22)28-16-19-6-4-17(2)5-7-19/h4-13,26H,3,14-16H2,1-2H3. The molecule has 0 unspecified atom stereocenters. The minimum absolute atomic E-state index is 0.499. The van der Waals surface area contributed by atoms with Crippen molar-refractivity contribution >= 4 is 15.9 Å². The Morgan fingerprint density at radius 2 is 1.61 bits per heavy atom. The van der Waals surface area contributed by atoms with Crippen molar-refractivity contribution in [1.82, 2.24) is 10.3 Å². The highest BCUT2D eigenvalue weighted by Gasteiger charge is 2.13. The third kappa shape index (κ3) is 5.81. The molecule has 0 aliphatic carbocycles. The van der Waals surface area contributed by atoms with Gasteiger partial charge >= 0.3 is 0 Å². The van der Waals surface area contributed by atoms with Gasteiger partial charge in [-0.1, -0.05) is 29.8 Å². The molecule has 1 heterocycles. The highest BCUT2D eigenvalue weighted by molar-refractivity contribution is 9.10. The molecule has 5 heteroatoms. The molecule has 3 rings (SSSR count). The number of benzene rings is 2. The molecule has 1 N–H and O–H groups in total. The van der Waals surface area contributed by atoms with Gasteiger partial charge in [0, 0.05) is 25.5 Å². The van der Waals surface area contributed by atoms with Gasteiger partial charge in [0.2, 0.25) is 0 Å². The van der Waals surface area contributed by atoms with Crippen LogP contribution in [0.5, 0.6) is 11.5 Å². The zero-order valence-electron chi connectivity index (χ0n) is 16.2. The average molecular weight is 441 g/mol. The first-order valence-electron chi connectivity index (χ1n) is 9.39. The zero-order chi connectivity index (χ0) is 19.8. The molecule has 0 bridgehead atoms. The monoisotopic (exact) mass is 440 g/mol. The predicted molar refractivity (Wildman–Crippen MR) is 116 cm³/mol. The van der Waals surface area contributed by atoms with Gasteiger partial charge in [-0.25, -0.2) is 0 Å². The number of nitrogens with zero attached hydrogens (tertiary/aromatic N) is 1. The maximum atomic E-state index is 6.08. The van der Waals surface area contributed by atoms with E-state index in [1.807, 2.05) is 25.1 Å². The number of aryl methyl sites for hydroxylation is 1. The van der Waals surface area contributed by atoms with E-state index in [0.29, 0.717) is 13.2 Å². The normalized spacial score (nSPS) is 10.7. The fourth-order valence-electron chi connectivity index (χ4n) is 2.82. The molecular weight excluding hydrogens is 416 g/mol. The first-order chi connectivity index (χ1) is 13.7. The second kappa shape index (κ2) is 10.2. The third-order valence-corrected chi connectivity index (χ3v) is 4.87. The molecular formula is C23H25BrN2O2. The molecule has 146 valence electrons. The van der Waals surface area contributed by atoms with Crippen molar-refractivity contribution in [2.24, 2.45) is 0 Å². The topological polar surface area (TPSA) is 43.4 Å². The molecule has 0 fully saturated rings. The lowest BCUT2D eigenvalue weighted by Crippen LogP contribution is -2.13. The summed E-state index contributed by atoms with van der Waals surface area (Å²) >= 11 is 3.65. The van der Waals surface area contributed by atoms with E-state index in [-0.39, 0.29) is 0 Å². The van der Waals surface area contributed by atoms with Gasteiger partial charge in [0.1, 0.15) is 6.61 Å². The molecule has 0 amide bonds. The number of aromatic nitrogens is 1. The number of hydrogen-bond acceptors (Lipinski definition) is 4. The number of ether oxygens (including phenoxy) is 2. The smallest absolute Gasteiger partial charge is 0.175 e. The summed E-state index contributed by atoms with van der Waals surface area (Å²) in [7, 11) is 0. The van der Waals surface area contributed by atoms with Crippen LogP contribution in [0.3, 0.4) is 0 Å². The highest BCUT2D eigenvalue weighted by atomic mass is 79.9. The highest BCUT2D eigenvalue weighted by Crippen LogP contribution is 2.37. The summed E-state index contributed by atoms with van der Waals surface area (Å²) in [5, 5.41) is 3.45. The van der Waals surface area contributed by atoms with Crippen molar-refractivity contribution < 1.29 is 9.47 Å². The Bertz CT molecular complexity index is 883. The van der Waals surface area contributed by atoms with Gasteiger partial charge in [0.05, 0.1) is 11.1 Å². The van der Waals surface area contributed by atoms with Crippen LogP contribution in [0.2, 0.25) is 0 Å². The van der Waals surface area contributed by atoms with Crippen molar-refractivity contribution in [3.05, 3.63) is 87.7 Å². The van der Waals surface area contributed by atoms with Gasteiger partial charge in [-0.15, -0.1) is 0 Å². The molecule has 0 radical (unpaired) electrons. The summed E-state index contributed by atoms with van der Waals surface area (Å²) in [5.74, 6) is 1.49. The first-order valence-corrected chi connectivity index (χ1v) is 10.2. The van der Waals surface area contributed by atoms with E-state index in [1.165, 1.54) is 11.1 Å². The van der Waals surface area contributed by atoms with Crippen LogP contribution >= 0.6 is 15.9 Å². The van der Waals surface area contributed by atoms with Gasteiger partial charge in [-0.3, -0.25) is 4.98 Å². The lowest BCUT2D eigenvalue weighted by Gasteiger charge is -2.16. The second-order valence-corrected chi connectivity index (χ2v) is 7.43. The molecule has 3 aromatic rings. The Hall–Kier alpha value is -2.37. The van der Waals surface area contributed by atoms with Gasteiger partial charge in [0.25, 0.3) is 0 Å². The van der Waals surface area contributed by atoms with E-state index < -0.39 is 0 Å². The molecule has 0 saturated carbocycles. The van der Waals surface area contributed by atoms with Crippen LogP contribution in [-0.2, 0) is 19.7 Å². The van der Waals surface area contributed by atoms with E-state index in [2.05, 4.69) is 63.5 Å². The van der Waals surface area contributed by atoms with Crippen LogP contribution in [0.1, 0.15) is 29.2 Å². The number of halogens is 1. The van der Waals surface area contributed by atoms with Crippen molar-refractivity contribution in [3.63, 3.8) is 0 Å². The summed E-state index contributed by atoms with van der Waals surface area (Å²) in [6.45, 7) is 6.66. The van der Waals surface area contributed by atoms with Crippen molar-refractivity contribution in [2.45, 2.75) is 33.5 Å². The number of pyridine rings is 1. The van der Waals surface area contributed by atoms with Crippen molar-refractivity contribution in [1.29, 1.82) is 0 Å². The molecule has 2 aromatic carbocycles. The molecule has 0 aliphatic heterocycles. The minimum Gasteiger partial charge on any atom is -0.490 e. The lowest BCUT2D eigenvalue weighted by molar-refractivity contribution is 0.267. The summed E-state index contributed by atoms with van der Waals surface area (Å²) in [4.78, 5) is 4.04. The van der Waals surface area contributed by atoms with E-state index in [4.69, 9.17) is 9.47 Å². The number of rotatable bonds is 9. The summed E-state index contributed by atoms with van der Waals surface area (Å²) < 4.78 is 12.8. The zero-order valence-corrected chi connectivity index (χ0v) is 17.8. The molecule has 0 aliphatic rings. The summed E-state index contributed by atoms with van der Waals surface area (Å²) in [5.41, 5.74) is 4.70. The van der Waals surface area contributed by atoms with Crippen molar-refractivity contribution in [2.75, 3.05) is 6.61 Å². The van der Waals surface area contributed by atoms with Crippen LogP contribution in [-0.4, -0.2) is 11.6 Å². The predicted octanol–water partition coefficient (Wildman–Crippen LogP) is 5.42. The average Bonchev–Trinajstić information content (AvgIpc) is 2.70. The maximum absolute atomic E-state index is 6.08. The van der Waals surface area contributed by atoms with Crippen LogP contribution in [0.25, 0.3) is 0 Å². The summed E-state index contributed by atoms with van der Waals surface area (Å²) in [6.07, 6.45) is 3.61. The molecule has 0 saturated heterocycles. The molecule has 0 atom stereocenters. The van der Waals surface area contributed by atoms with Gasteiger partial charge in [-0.2, -0.15) is 0 Å². The SMILES string of the molecule is CCOc1cc(CNCc2ccncc2)cc(Br)c1OCc1ccc(C)cc1. The number of nitrogens with one attached hydrogen (secondary N) is 1. The second-order valence-electron chi connectivity index (χ2n) is 6.57. The molecule has 28 heavy (non-hydrogen) atoms. The molecule has 0 spiro atoms. The Morgan fingerprint density at radius 3 is 2.32 bits per heavy atom. The Kier molecular flexibility index (Phi) is 7.46. The van der Waals surface area contributed by atoms with Gasteiger partial charge in [0.15, 0.2) is 11.5 Å². The largest absolute Gasteiger partial charge is 0.490 e. The van der Waals surface area contributed by atoms with Crippen LogP contribution < -0.4 is 14.8 Å². The van der Waals surface area contributed by atoms with E-state index >= 15 is 0 Å². The third-order valence-electron chi connectivity index (χ3n) is 4.28. The Balaban J connectivity index is 1.67. The van der Waals surface area contributed by atoms with Crippen LogP contribution in [0, 0.1) is 6.92 Å². The molecule has 4 nitrogen and oxygen atoms in total. The molecule has 1 aromatic heterocycles. The Morgan fingerprint density at radius 1 is 0.893 bits per heavy atom. The lowest BCUT2D eigenvalue weighted by atomic mass is 10.1. The van der Waals surface area contributed by atoms with E-state index in [9.17, 15) is 0 Å². The fourth-order valence-corrected chi connectivity index (χ4v) is 3.42. The fraction of sp³-hybridized carbons (Fsp3) is 0.261. The summed E-state index contributed by atoms with van der Waals surface area (Å²) in [6, 6.07) is 16.5. The quantitative estimate of drug-likeness (QED) is 0.482.